The first-order valence-electron chi connectivity index (χ1n) is 11.7. The van der Waals surface area contributed by atoms with Gasteiger partial charge in [0.05, 0.1) is 0 Å². The van der Waals surface area contributed by atoms with E-state index in [2.05, 4.69) is 35.0 Å². The summed E-state index contributed by atoms with van der Waals surface area (Å²) in [6.45, 7) is 5.31. The Morgan fingerprint density at radius 2 is 1.91 bits per heavy atom. The Kier molecular flexibility index (Phi) is 6.67. The van der Waals surface area contributed by atoms with Crippen molar-refractivity contribution in [1.29, 1.82) is 0 Å². The molecule has 0 saturated carbocycles. The lowest BCUT2D eigenvalue weighted by molar-refractivity contribution is 0.0977. The quantitative estimate of drug-likeness (QED) is 0.374. The van der Waals surface area contributed by atoms with Crippen LogP contribution in [0.2, 0.25) is 10.2 Å². The molecular formula is C28H26Cl2FN3O. The van der Waals surface area contributed by atoms with E-state index < -0.39 is 0 Å². The third kappa shape index (κ3) is 4.86. The van der Waals surface area contributed by atoms with E-state index >= 15 is 0 Å². The van der Waals surface area contributed by atoms with Gasteiger partial charge >= 0.3 is 0 Å². The van der Waals surface area contributed by atoms with Gasteiger partial charge in [-0.05, 0) is 68.8 Å². The fourth-order valence-electron chi connectivity index (χ4n) is 5.21. The summed E-state index contributed by atoms with van der Waals surface area (Å²) in [4.78, 5) is 21.7. The number of nitrogens with zero attached hydrogens (tertiary/aromatic N) is 3. The summed E-state index contributed by atoms with van der Waals surface area (Å²) < 4.78 is 14.0. The van der Waals surface area contributed by atoms with Gasteiger partial charge in [0.2, 0.25) is 0 Å². The zero-order chi connectivity index (χ0) is 24.6. The van der Waals surface area contributed by atoms with Crippen molar-refractivity contribution in [3.05, 3.63) is 99.1 Å². The molecule has 1 aromatic heterocycles. The summed E-state index contributed by atoms with van der Waals surface area (Å²) in [5.74, 6) is -0.365. The van der Waals surface area contributed by atoms with Crippen molar-refractivity contribution in [2.75, 3.05) is 31.1 Å². The number of hydrogen-bond donors (Lipinski definition) is 0. The maximum Gasteiger partial charge on any atom is 0.258 e. The van der Waals surface area contributed by atoms with Gasteiger partial charge in [0.1, 0.15) is 11.0 Å². The van der Waals surface area contributed by atoms with Crippen LogP contribution in [0.4, 0.5) is 10.1 Å². The van der Waals surface area contributed by atoms with Crippen molar-refractivity contribution < 1.29 is 9.18 Å². The van der Waals surface area contributed by atoms with Gasteiger partial charge in [-0.15, -0.1) is 0 Å². The zero-order valence-electron chi connectivity index (χ0n) is 19.5. The summed E-state index contributed by atoms with van der Waals surface area (Å²) >= 11 is 11.9. The third-order valence-corrected chi connectivity index (χ3v) is 7.57. The highest BCUT2D eigenvalue weighted by molar-refractivity contribution is 6.30. The minimum Gasteiger partial charge on any atom is -0.307 e. The van der Waals surface area contributed by atoms with Crippen LogP contribution in [0.15, 0.2) is 60.8 Å². The molecular weight excluding hydrogens is 484 g/mol. The number of hydrogen-bond acceptors (Lipinski definition) is 3. The fraction of sp³-hybridized carbons (Fsp3) is 0.286. The van der Waals surface area contributed by atoms with Gasteiger partial charge < -0.3 is 4.90 Å². The van der Waals surface area contributed by atoms with Crippen molar-refractivity contribution in [2.24, 2.45) is 0 Å². The molecule has 3 heterocycles. The number of benzene rings is 2. The fourth-order valence-corrected chi connectivity index (χ4v) is 5.54. The highest BCUT2D eigenvalue weighted by atomic mass is 35.5. The number of halogens is 3. The molecule has 1 amide bonds. The lowest BCUT2D eigenvalue weighted by atomic mass is 9.74. The predicted molar refractivity (Wildman–Crippen MR) is 140 cm³/mol. The van der Waals surface area contributed by atoms with Gasteiger partial charge in [-0.1, -0.05) is 59.1 Å². The number of aryl methyl sites for hydroxylation is 1. The molecule has 0 N–H and O–H groups in total. The van der Waals surface area contributed by atoms with E-state index in [1.54, 1.807) is 30.5 Å². The second kappa shape index (κ2) is 9.73. The second-order valence-corrected chi connectivity index (χ2v) is 10.3. The van der Waals surface area contributed by atoms with Crippen LogP contribution in [-0.2, 0) is 5.41 Å². The normalized spacial score (nSPS) is 17.3. The van der Waals surface area contributed by atoms with Gasteiger partial charge in [0, 0.05) is 46.5 Å². The predicted octanol–water partition coefficient (Wildman–Crippen LogP) is 6.54. The number of pyridine rings is 1. The number of anilines is 1. The van der Waals surface area contributed by atoms with Crippen LogP contribution in [0.3, 0.4) is 0 Å². The van der Waals surface area contributed by atoms with E-state index in [-0.39, 0.29) is 17.1 Å². The summed E-state index contributed by atoms with van der Waals surface area (Å²) in [6, 6.07) is 14.4. The molecule has 0 bridgehead atoms. The zero-order valence-corrected chi connectivity index (χ0v) is 21.0. The number of carbonyl (C=O) groups is 1. The van der Waals surface area contributed by atoms with Gasteiger partial charge in [-0.3, -0.25) is 9.69 Å². The maximum absolute atomic E-state index is 14.0. The highest BCUT2D eigenvalue weighted by Crippen LogP contribution is 2.47. The standard InChI is InChI=1S/C28H26Cl2FN3O/c1-19-4-7-25-23(15-19)28(18-34(25)27(35)21-8-11-32-26(30)16-21)9-13-33(14-10-28)12-2-3-20-5-6-22(29)17-24(20)31/h2-8,11,15-17H,9-10,12-14,18H2,1H3/b3-2+. The molecule has 1 spiro atoms. The largest absolute Gasteiger partial charge is 0.307 e. The van der Waals surface area contributed by atoms with Crippen LogP contribution >= 0.6 is 23.2 Å². The van der Waals surface area contributed by atoms with Crippen LogP contribution in [-0.4, -0.2) is 42.0 Å². The Morgan fingerprint density at radius 3 is 2.66 bits per heavy atom. The number of rotatable bonds is 4. The van der Waals surface area contributed by atoms with Crippen LogP contribution in [0.5, 0.6) is 0 Å². The minimum absolute atomic E-state index is 0.0494. The molecule has 0 aliphatic carbocycles. The lowest BCUT2D eigenvalue weighted by Gasteiger charge is -2.39. The van der Waals surface area contributed by atoms with E-state index in [4.69, 9.17) is 23.2 Å². The molecule has 3 aromatic rings. The molecule has 35 heavy (non-hydrogen) atoms. The summed E-state index contributed by atoms with van der Waals surface area (Å²) in [5.41, 5.74) is 4.44. The van der Waals surface area contributed by atoms with Crippen LogP contribution in [0, 0.1) is 12.7 Å². The number of carbonyl (C=O) groups excluding carboxylic acids is 1. The smallest absolute Gasteiger partial charge is 0.258 e. The first-order chi connectivity index (χ1) is 16.8. The van der Waals surface area contributed by atoms with E-state index in [0.717, 1.165) is 38.2 Å². The molecule has 5 rings (SSSR count). The Balaban J connectivity index is 1.31. The van der Waals surface area contributed by atoms with Crippen molar-refractivity contribution in [3.63, 3.8) is 0 Å². The Morgan fingerprint density at radius 1 is 1.11 bits per heavy atom. The third-order valence-electron chi connectivity index (χ3n) is 7.13. The first kappa shape index (κ1) is 24.0. The summed E-state index contributed by atoms with van der Waals surface area (Å²) in [7, 11) is 0. The van der Waals surface area contributed by atoms with Gasteiger partial charge in [-0.2, -0.15) is 0 Å². The van der Waals surface area contributed by atoms with Gasteiger partial charge in [0.15, 0.2) is 0 Å². The minimum atomic E-state index is -0.315. The van der Waals surface area contributed by atoms with E-state index in [9.17, 15) is 9.18 Å². The number of likely N-dealkylation sites (tertiary alicyclic amines) is 1. The number of aromatic nitrogens is 1. The van der Waals surface area contributed by atoms with Crippen LogP contribution in [0.25, 0.3) is 6.08 Å². The molecule has 2 aliphatic heterocycles. The average molecular weight is 510 g/mol. The molecule has 2 aromatic carbocycles. The lowest BCUT2D eigenvalue weighted by Crippen LogP contribution is -2.46. The van der Waals surface area contributed by atoms with Gasteiger partial charge in [-0.25, -0.2) is 9.37 Å². The molecule has 0 atom stereocenters. The van der Waals surface area contributed by atoms with Gasteiger partial charge in [0.25, 0.3) is 5.91 Å². The molecule has 0 unspecified atom stereocenters. The van der Waals surface area contributed by atoms with E-state index in [1.165, 1.54) is 17.2 Å². The molecule has 7 heteroatoms. The molecule has 2 aliphatic rings. The SMILES string of the molecule is Cc1ccc2c(c1)C1(CCN(C/C=C/c3ccc(Cl)cc3F)CC1)CN2C(=O)c1ccnc(Cl)c1. The number of fused-ring (bicyclic) bond motifs is 2. The summed E-state index contributed by atoms with van der Waals surface area (Å²) in [6.07, 6.45) is 7.28. The average Bonchev–Trinajstić information content (AvgIpc) is 3.14. The van der Waals surface area contributed by atoms with E-state index in [1.807, 2.05) is 17.1 Å². The number of amides is 1. The van der Waals surface area contributed by atoms with Crippen LogP contribution < -0.4 is 4.90 Å². The monoisotopic (exact) mass is 509 g/mol. The maximum atomic E-state index is 14.0. The molecule has 0 radical (unpaired) electrons. The first-order valence-corrected chi connectivity index (χ1v) is 12.5. The van der Waals surface area contributed by atoms with Crippen molar-refractivity contribution in [3.8, 4) is 0 Å². The highest BCUT2D eigenvalue weighted by Gasteiger charge is 2.46. The topological polar surface area (TPSA) is 36.4 Å². The van der Waals surface area contributed by atoms with Crippen molar-refractivity contribution in [2.45, 2.75) is 25.2 Å². The Hall–Kier alpha value is -2.73. The Bertz CT molecular complexity index is 1300. The van der Waals surface area contributed by atoms with E-state index in [0.29, 0.717) is 27.8 Å². The van der Waals surface area contributed by atoms with Crippen molar-refractivity contribution >= 4 is 40.9 Å². The van der Waals surface area contributed by atoms with Crippen LogP contribution in [0.1, 0.15) is 39.9 Å². The molecule has 4 nitrogen and oxygen atoms in total. The Labute approximate surface area is 215 Å². The molecule has 180 valence electrons. The molecule has 1 saturated heterocycles. The second-order valence-electron chi connectivity index (χ2n) is 9.43. The van der Waals surface area contributed by atoms with Crippen molar-refractivity contribution in [1.82, 2.24) is 9.88 Å². The summed E-state index contributed by atoms with van der Waals surface area (Å²) in [5, 5.41) is 0.710. The number of piperidine rings is 1. The molecule has 1 fully saturated rings.